The van der Waals surface area contributed by atoms with Gasteiger partial charge in [-0.3, -0.25) is 4.79 Å². The smallest absolute Gasteiger partial charge is 0.224 e. The van der Waals surface area contributed by atoms with Crippen molar-refractivity contribution in [2.45, 2.75) is 38.0 Å². The highest BCUT2D eigenvalue weighted by molar-refractivity contribution is 6.30. The first-order chi connectivity index (χ1) is 14.5. The number of anilines is 1. The number of aliphatic hydroxyl groups is 1. The lowest BCUT2D eigenvalue weighted by Gasteiger charge is -2.34. The van der Waals surface area contributed by atoms with E-state index in [2.05, 4.69) is 4.90 Å². The number of nitrogens with zero attached hydrogens (tertiary/aromatic N) is 2. The summed E-state index contributed by atoms with van der Waals surface area (Å²) in [6.45, 7) is 1.67. The maximum absolute atomic E-state index is 12.8. The van der Waals surface area contributed by atoms with Crippen molar-refractivity contribution < 1.29 is 19.4 Å². The normalized spacial score (nSPS) is 17.8. The van der Waals surface area contributed by atoms with E-state index >= 15 is 0 Å². The molecule has 0 saturated heterocycles. The third-order valence-corrected chi connectivity index (χ3v) is 5.81. The van der Waals surface area contributed by atoms with E-state index in [9.17, 15) is 9.90 Å². The van der Waals surface area contributed by atoms with E-state index in [1.807, 2.05) is 23.1 Å². The van der Waals surface area contributed by atoms with Crippen LogP contribution in [0.2, 0.25) is 5.02 Å². The lowest BCUT2D eigenvalue weighted by molar-refractivity contribution is -0.132. The molecule has 2 aliphatic rings. The van der Waals surface area contributed by atoms with Gasteiger partial charge in [-0.25, -0.2) is 0 Å². The summed E-state index contributed by atoms with van der Waals surface area (Å²) < 4.78 is 11.1. The van der Waals surface area contributed by atoms with Crippen LogP contribution in [0.4, 0.5) is 5.69 Å². The Bertz CT molecular complexity index is 885. The maximum atomic E-state index is 12.8. The summed E-state index contributed by atoms with van der Waals surface area (Å²) in [7, 11) is 1.64. The van der Waals surface area contributed by atoms with Gasteiger partial charge in [0.05, 0.1) is 7.11 Å². The molecular weight excluding hydrogens is 404 g/mol. The van der Waals surface area contributed by atoms with E-state index in [4.69, 9.17) is 21.1 Å². The van der Waals surface area contributed by atoms with Crippen molar-refractivity contribution in [3.8, 4) is 11.5 Å². The van der Waals surface area contributed by atoms with Gasteiger partial charge in [0.15, 0.2) is 0 Å². The Labute approximate surface area is 181 Å². The highest BCUT2D eigenvalue weighted by atomic mass is 35.5. The van der Waals surface area contributed by atoms with Crippen molar-refractivity contribution >= 4 is 23.2 Å². The number of hydrogen-bond donors (Lipinski definition) is 1. The molecule has 0 bridgehead atoms. The molecule has 30 heavy (non-hydrogen) atoms. The standard InChI is InChI=1S/C23H27ClN2O4/c1-29-21-8-9-22-16(12-21)13-26(18-4-5-18)23(28)10-11-25(22)14-19(27)15-30-20-6-2-17(24)3-7-20/h2-3,6-9,12,18-19,27H,4-5,10-11,13-15H2,1H3. The van der Waals surface area contributed by atoms with Crippen molar-refractivity contribution in [2.75, 3.05) is 31.7 Å². The fraction of sp³-hybridized carbons (Fsp3) is 0.435. The number of rotatable bonds is 7. The van der Waals surface area contributed by atoms with Crippen LogP contribution in [0, 0.1) is 0 Å². The number of halogens is 1. The van der Waals surface area contributed by atoms with Crippen molar-refractivity contribution in [3.05, 3.63) is 53.1 Å². The predicted octanol–water partition coefficient (Wildman–Crippen LogP) is 3.49. The molecule has 1 amide bonds. The predicted molar refractivity (Wildman–Crippen MR) is 116 cm³/mol. The van der Waals surface area contributed by atoms with Crippen LogP contribution in [0.1, 0.15) is 24.8 Å². The van der Waals surface area contributed by atoms with Crippen LogP contribution in [0.25, 0.3) is 0 Å². The van der Waals surface area contributed by atoms with Crippen LogP contribution in [0.5, 0.6) is 11.5 Å². The lowest BCUT2D eigenvalue weighted by Crippen LogP contribution is -2.42. The van der Waals surface area contributed by atoms with E-state index < -0.39 is 6.10 Å². The molecule has 1 unspecified atom stereocenters. The Kier molecular flexibility index (Phi) is 6.35. The summed E-state index contributed by atoms with van der Waals surface area (Å²) in [6.07, 6.45) is 1.89. The average molecular weight is 431 g/mol. The molecule has 2 aromatic carbocycles. The number of carbonyl (C=O) groups excluding carboxylic acids is 1. The zero-order chi connectivity index (χ0) is 21.1. The van der Waals surface area contributed by atoms with Crippen molar-refractivity contribution in [1.82, 2.24) is 4.90 Å². The zero-order valence-electron chi connectivity index (χ0n) is 17.1. The molecule has 0 radical (unpaired) electrons. The van der Waals surface area contributed by atoms with E-state index in [1.165, 1.54) is 0 Å². The highest BCUT2D eigenvalue weighted by Gasteiger charge is 2.34. The van der Waals surface area contributed by atoms with Gasteiger partial charge in [0.2, 0.25) is 5.91 Å². The minimum Gasteiger partial charge on any atom is -0.497 e. The number of carbonyl (C=O) groups is 1. The fourth-order valence-corrected chi connectivity index (χ4v) is 3.96. The minimum absolute atomic E-state index is 0.158. The lowest BCUT2D eigenvalue weighted by atomic mass is 10.1. The van der Waals surface area contributed by atoms with Gasteiger partial charge in [-0.15, -0.1) is 0 Å². The second-order valence-corrected chi connectivity index (χ2v) is 8.30. The van der Waals surface area contributed by atoms with Gasteiger partial charge in [0.25, 0.3) is 0 Å². The summed E-state index contributed by atoms with van der Waals surface area (Å²) >= 11 is 5.90. The fourth-order valence-electron chi connectivity index (χ4n) is 3.83. The monoisotopic (exact) mass is 430 g/mol. The molecule has 6 nitrogen and oxygen atoms in total. The molecule has 0 aromatic heterocycles. The Morgan fingerprint density at radius 1 is 1.17 bits per heavy atom. The minimum atomic E-state index is -0.704. The molecule has 2 aromatic rings. The van der Waals surface area contributed by atoms with E-state index in [0.717, 1.165) is 29.8 Å². The number of fused-ring (bicyclic) bond motifs is 1. The van der Waals surface area contributed by atoms with Crippen LogP contribution in [-0.2, 0) is 11.3 Å². The molecule has 1 heterocycles. The molecular formula is C23H27ClN2O4. The first-order valence-electron chi connectivity index (χ1n) is 10.3. The molecule has 1 saturated carbocycles. The van der Waals surface area contributed by atoms with Gasteiger partial charge in [-0.1, -0.05) is 11.6 Å². The zero-order valence-corrected chi connectivity index (χ0v) is 17.8. The third kappa shape index (κ3) is 4.99. The van der Waals surface area contributed by atoms with Gasteiger partial charge < -0.3 is 24.4 Å². The number of benzene rings is 2. The van der Waals surface area contributed by atoms with Crippen LogP contribution >= 0.6 is 11.6 Å². The Morgan fingerprint density at radius 2 is 1.90 bits per heavy atom. The molecule has 7 heteroatoms. The number of amides is 1. The summed E-state index contributed by atoms with van der Waals surface area (Å²) in [5.74, 6) is 1.60. The van der Waals surface area contributed by atoms with Crippen LogP contribution in [0.15, 0.2) is 42.5 Å². The Hall–Kier alpha value is -2.44. The SMILES string of the molecule is COc1ccc2c(c1)CN(C1CC1)C(=O)CCN2CC(O)COc1ccc(Cl)cc1. The van der Waals surface area contributed by atoms with E-state index in [-0.39, 0.29) is 12.5 Å². The highest BCUT2D eigenvalue weighted by Crippen LogP contribution is 2.34. The quantitative estimate of drug-likeness (QED) is 0.728. The number of methoxy groups -OCH3 is 1. The van der Waals surface area contributed by atoms with Gasteiger partial charge in [-0.05, 0) is 60.9 Å². The molecule has 1 aliphatic heterocycles. The Morgan fingerprint density at radius 3 is 2.60 bits per heavy atom. The molecule has 4 rings (SSSR count). The largest absolute Gasteiger partial charge is 0.497 e. The molecule has 1 aliphatic carbocycles. The Balaban J connectivity index is 1.48. The molecule has 1 fully saturated rings. The molecule has 1 atom stereocenters. The summed E-state index contributed by atoms with van der Waals surface area (Å²) in [6, 6.07) is 13.4. The van der Waals surface area contributed by atoms with E-state index in [1.54, 1.807) is 31.4 Å². The topological polar surface area (TPSA) is 62.2 Å². The number of ether oxygens (including phenoxy) is 2. The summed E-state index contributed by atoms with van der Waals surface area (Å²) in [5.41, 5.74) is 2.07. The average Bonchev–Trinajstić information content (AvgIpc) is 3.58. The van der Waals surface area contributed by atoms with Crippen LogP contribution < -0.4 is 14.4 Å². The van der Waals surface area contributed by atoms with Crippen molar-refractivity contribution in [2.24, 2.45) is 0 Å². The van der Waals surface area contributed by atoms with Crippen LogP contribution in [-0.4, -0.2) is 54.9 Å². The van der Waals surface area contributed by atoms with Gasteiger partial charge >= 0.3 is 0 Å². The van der Waals surface area contributed by atoms with Crippen LogP contribution in [0.3, 0.4) is 0 Å². The van der Waals surface area contributed by atoms with Crippen molar-refractivity contribution in [3.63, 3.8) is 0 Å². The molecule has 160 valence electrons. The van der Waals surface area contributed by atoms with Gasteiger partial charge in [-0.2, -0.15) is 0 Å². The van der Waals surface area contributed by atoms with E-state index in [0.29, 0.717) is 42.9 Å². The number of hydrogen-bond acceptors (Lipinski definition) is 5. The molecule has 1 N–H and O–H groups in total. The first kappa shape index (κ1) is 20.8. The summed E-state index contributed by atoms with van der Waals surface area (Å²) in [5, 5.41) is 11.2. The van der Waals surface area contributed by atoms with Crippen molar-refractivity contribution in [1.29, 1.82) is 0 Å². The second kappa shape index (κ2) is 9.14. The van der Waals surface area contributed by atoms with Gasteiger partial charge in [0, 0.05) is 42.8 Å². The first-order valence-corrected chi connectivity index (χ1v) is 10.7. The summed E-state index contributed by atoms with van der Waals surface area (Å²) in [4.78, 5) is 16.8. The number of β-amino-alcohol motifs (C(OH)–C–C–N with tert-alkyl or cyclic N) is 1. The molecule has 0 spiro atoms. The van der Waals surface area contributed by atoms with Gasteiger partial charge in [0.1, 0.15) is 24.2 Å². The second-order valence-electron chi connectivity index (χ2n) is 7.86. The maximum Gasteiger partial charge on any atom is 0.224 e. The third-order valence-electron chi connectivity index (χ3n) is 5.56. The number of aliphatic hydroxyl groups excluding tert-OH is 1.